The summed E-state index contributed by atoms with van der Waals surface area (Å²) in [4.78, 5) is 2.29. The molecule has 1 heterocycles. The predicted molar refractivity (Wildman–Crippen MR) is 103 cm³/mol. The molecule has 1 unspecified atom stereocenters. The normalized spacial score (nSPS) is 17.2. The fourth-order valence-electron chi connectivity index (χ4n) is 3.21. The number of sulfonamides is 1. The van der Waals surface area contributed by atoms with E-state index in [-0.39, 0.29) is 10.9 Å². The maximum Gasteiger partial charge on any atom is 0.243 e. The highest BCUT2D eigenvalue weighted by Crippen LogP contribution is 2.25. The van der Waals surface area contributed by atoms with Gasteiger partial charge in [0.05, 0.1) is 18.1 Å². The number of methoxy groups -OCH3 is 1. The van der Waals surface area contributed by atoms with Gasteiger partial charge < -0.3 is 4.74 Å². The Hall–Kier alpha value is -2.40. The molecule has 27 heavy (non-hydrogen) atoms. The molecule has 3 rings (SSSR count). The Morgan fingerprint density at radius 1 is 1.00 bits per heavy atom. The smallest absolute Gasteiger partial charge is 0.243 e. The number of hydrogen-bond acceptors (Lipinski definition) is 5. The van der Waals surface area contributed by atoms with Crippen LogP contribution in [-0.2, 0) is 10.0 Å². The second-order valence-corrected chi connectivity index (χ2v) is 8.50. The number of aryl methyl sites for hydroxylation is 1. The molecule has 0 N–H and O–H groups in total. The van der Waals surface area contributed by atoms with Crippen LogP contribution in [0.1, 0.15) is 17.2 Å². The standard InChI is InChI=1S/C20H23N3O3S/c1-16-3-5-17(6-4-16)20(15-21)22-11-13-23(14-12-22)27(24,25)19-9-7-18(26-2)8-10-19/h3-10,20H,11-14H2,1-2H3. The Bertz CT molecular complexity index is 910. The van der Waals surface area contributed by atoms with E-state index < -0.39 is 10.0 Å². The lowest BCUT2D eigenvalue weighted by Crippen LogP contribution is -2.49. The third-order valence-electron chi connectivity index (χ3n) is 4.85. The summed E-state index contributed by atoms with van der Waals surface area (Å²) in [6, 6.07) is 16.3. The van der Waals surface area contributed by atoms with E-state index >= 15 is 0 Å². The van der Waals surface area contributed by atoms with Crippen LogP contribution in [0.15, 0.2) is 53.4 Å². The molecule has 0 bridgehead atoms. The first-order chi connectivity index (χ1) is 13.0. The lowest BCUT2D eigenvalue weighted by atomic mass is 10.0. The molecule has 1 aliphatic heterocycles. The zero-order chi connectivity index (χ0) is 19.4. The van der Waals surface area contributed by atoms with E-state index in [0.717, 1.165) is 11.1 Å². The van der Waals surface area contributed by atoms with Crippen LogP contribution < -0.4 is 4.74 Å². The van der Waals surface area contributed by atoms with E-state index in [2.05, 4.69) is 6.07 Å². The minimum absolute atomic E-state index is 0.257. The van der Waals surface area contributed by atoms with Gasteiger partial charge in [-0.25, -0.2) is 8.42 Å². The summed E-state index contributed by atoms with van der Waals surface area (Å²) >= 11 is 0. The molecule has 1 saturated heterocycles. The molecule has 0 saturated carbocycles. The van der Waals surface area contributed by atoms with E-state index in [1.807, 2.05) is 36.1 Å². The lowest BCUT2D eigenvalue weighted by molar-refractivity contribution is 0.162. The summed E-state index contributed by atoms with van der Waals surface area (Å²) in [6.07, 6.45) is 0. The van der Waals surface area contributed by atoms with Gasteiger partial charge in [-0.15, -0.1) is 0 Å². The van der Waals surface area contributed by atoms with Gasteiger partial charge in [0.15, 0.2) is 0 Å². The molecule has 2 aromatic rings. The third-order valence-corrected chi connectivity index (χ3v) is 6.76. The first-order valence-corrected chi connectivity index (χ1v) is 10.2. The number of benzene rings is 2. The molecule has 7 heteroatoms. The van der Waals surface area contributed by atoms with Crippen LogP contribution in [0.4, 0.5) is 0 Å². The van der Waals surface area contributed by atoms with Gasteiger partial charge in [-0.2, -0.15) is 9.57 Å². The van der Waals surface area contributed by atoms with Crippen LogP contribution >= 0.6 is 0 Å². The first kappa shape index (κ1) is 19.4. The van der Waals surface area contributed by atoms with Crippen molar-refractivity contribution in [1.82, 2.24) is 9.21 Å². The number of rotatable bonds is 5. The maximum atomic E-state index is 12.8. The van der Waals surface area contributed by atoms with Crippen LogP contribution in [0.3, 0.4) is 0 Å². The lowest BCUT2D eigenvalue weighted by Gasteiger charge is -2.36. The van der Waals surface area contributed by atoms with Crippen molar-refractivity contribution in [2.24, 2.45) is 0 Å². The summed E-state index contributed by atoms with van der Waals surface area (Å²) in [5.74, 6) is 0.619. The maximum absolute atomic E-state index is 12.8. The molecule has 0 amide bonds. The molecule has 0 radical (unpaired) electrons. The largest absolute Gasteiger partial charge is 0.497 e. The highest BCUT2D eigenvalue weighted by atomic mass is 32.2. The van der Waals surface area contributed by atoms with E-state index in [1.54, 1.807) is 31.4 Å². The Labute approximate surface area is 160 Å². The van der Waals surface area contributed by atoms with E-state index in [0.29, 0.717) is 31.9 Å². The van der Waals surface area contributed by atoms with Crippen molar-refractivity contribution >= 4 is 10.0 Å². The molecule has 0 spiro atoms. The Kier molecular flexibility index (Phi) is 5.80. The SMILES string of the molecule is COc1ccc(S(=O)(=O)N2CCN(C(C#N)c3ccc(C)cc3)CC2)cc1. The molecular formula is C20H23N3O3S. The molecule has 6 nitrogen and oxygen atoms in total. The quantitative estimate of drug-likeness (QED) is 0.791. The molecule has 1 aliphatic rings. The van der Waals surface area contributed by atoms with Crippen LogP contribution in [0, 0.1) is 18.3 Å². The van der Waals surface area contributed by atoms with E-state index in [9.17, 15) is 13.7 Å². The fourth-order valence-corrected chi connectivity index (χ4v) is 4.64. The van der Waals surface area contributed by atoms with E-state index in [4.69, 9.17) is 4.74 Å². The predicted octanol–water partition coefficient (Wildman–Crippen LogP) is 2.57. The van der Waals surface area contributed by atoms with Gasteiger partial charge in [-0.1, -0.05) is 29.8 Å². The van der Waals surface area contributed by atoms with Crippen LogP contribution in [0.5, 0.6) is 5.75 Å². The van der Waals surface area contributed by atoms with Gasteiger partial charge in [-0.3, -0.25) is 4.90 Å². The highest BCUT2D eigenvalue weighted by molar-refractivity contribution is 7.89. The van der Waals surface area contributed by atoms with Gasteiger partial charge in [0.25, 0.3) is 0 Å². The Morgan fingerprint density at radius 3 is 2.11 bits per heavy atom. The zero-order valence-electron chi connectivity index (χ0n) is 15.5. The molecule has 142 valence electrons. The number of ether oxygens (including phenoxy) is 1. The second-order valence-electron chi connectivity index (χ2n) is 6.56. The highest BCUT2D eigenvalue weighted by Gasteiger charge is 2.31. The summed E-state index contributed by atoms with van der Waals surface area (Å²) in [7, 11) is -2.00. The molecule has 1 atom stereocenters. The third kappa shape index (κ3) is 4.14. The van der Waals surface area contributed by atoms with Crippen molar-refractivity contribution in [2.45, 2.75) is 17.9 Å². The zero-order valence-corrected chi connectivity index (χ0v) is 16.3. The summed E-state index contributed by atoms with van der Waals surface area (Å²) in [6.45, 7) is 3.76. The minimum atomic E-state index is -3.54. The van der Waals surface area contributed by atoms with Crippen molar-refractivity contribution < 1.29 is 13.2 Å². The number of nitriles is 1. The van der Waals surface area contributed by atoms with Crippen molar-refractivity contribution in [2.75, 3.05) is 33.3 Å². The molecule has 2 aromatic carbocycles. The minimum Gasteiger partial charge on any atom is -0.497 e. The Balaban J connectivity index is 1.70. The van der Waals surface area contributed by atoms with Crippen molar-refractivity contribution in [3.63, 3.8) is 0 Å². The summed E-state index contributed by atoms with van der Waals surface area (Å²) in [5, 5.41) is 9.62. The van der Waals surface area contributed by atoms with Gasteiger partial charge in [0.1, 0.15) is 11.8 Å². The van der Waals surface area contributed by atoms with Crippen molar-refractivity contribution in [3.05, 3.63) is 59.7 Å². The van der Waals surface area contributed by atoms with E-state index in [1.165, 1.54) is 4.31 Å². The van der Waals surface area contributed by atoms with Gasteiger partial charge in [0.2, 0.25) is 10.0 Å². The van der Waals surface area contributed by atoms with Gasteiger partial charge in [-0.05, 0) is 36.8 Å². The average molecular weight is 385 g/mol. The number of nitrogens with zero attached hydrogens (tertiary/aromatic N) is 3. The number of hydrogen-bond donors (Lipinski definition) is 0. The van der Waals surface area contributed by atoms with Gasteiger partial charge >= 0.3 is 0 Å². The number of piperazine rings is 1. The van der Waals surface area contributed by atoms with Crippen molar-refractivity contribution in [3.8, 4) is 11.8 Å². The van der Waals surface area contributed by atoms with Gasteiger partial charge in [0, 0.05) is 26.2 Å². The van der Waals surface area contributed by atoms with Crippen LogP contribution in [0.2, 0.25) is 0 Å². The fraction of sp³-hybridized carbons (Fsp3) is 0.350. The molecular weight excluding hydrogens is 362 g/mol. The molecule has 0 aliphatic carbocycles. The average Bonchev–Trinajstić information content (AvgIpc) is 2.70. The topological polar surface area (TPSA) is 73.6 Å². The molecule has 0 aromatic heterocycles. The summed E-state index contributed by atoms with van der Waals surface area (Å²) in [5.41, 5.74) is 2.08. The Morgan fingerprint density at radius 2 is 1.59 bits per heavy atom. The molecule has 1 fully saturated rings. The monoisotopic (exact) mass is 385 g/mol. The van der Waals surface area contributed by atoms with Crippen molar-refractivity contribution in [1.29, 1.82) is 5.26 Å². The first-order valence-electron chi connectivity index (χ1n) is 8.80. The van der Waals surface area contributed by atoms with Crippen LogP contribution in [0.25, 0.3) is 0 Å². The second kappa shape index (κ2) is 8.09. The van der Waals surface area contributed by atoms with Crippen LogP contribution in [-0.4, -0.2) is 50.9 Å². The summed E-state index contributed by atoms with van der Waals surface area (Å²) < 4.78 is 32.2.